The van der Waals surface area contributed by atoms with Gasteiger partial charge in [0.05, 0.1) is 32.9 Å². The predicted molar refractivity (Wildman–Crippen MR) is 102 cm³/mol. The minimum absolute atomic E-state index is 0. The molecule has 0 spiro atoms. The van der Waals surface area contributed by atoms with Crippen molar-refractivity contribution in [2.75, 3.05) is 52.6 Å². The van der Waals surface area contributed by atoms with E-state index in [0.29, 0.717) is 0 Å². The molecule has 0 saturated carbocycles. The summed E-state index contributed by atoms with van der Waals surface area (Å²) in [6.07, 6.45) is 5.95. The molecule has 1 aromatic carbocycles. The molecule has 145 valence electrons. The van der Waals surface area contributed by atoms with Gasteiger partial charge >= 0.3 is 0 Å². The molecule has 1 aromatic rings. The van der Waals surface area contributed by atoms with Crippen LogP contribution < -0.4 is 9.47 Å². The largest absolute Gasteiger partial charge is 0.494 e. The fourth-order valence-corrected chi connectivity index (χ4v) is 3.35. The van der Waals surface area contributed by atoms with Gasteiger partial charge in [0.2, 0.25) is 0 Å². The number of rotatable bonds is 11. The second-order valence-electron chi connectivity index (χ2n) is 7.08. The Kier molecular flexibility index (Phi) is 12.8. The summed E-state index contributed by atoms with van der Waals surface area (Å²) >= 11 is 0. The fourth-order valence-electron chi connectivity index (χ4n) is 3.35. The number of benzene rings is 1. The predicted octanol–water partition coefficient (Wildman–Crippen LogP) is 4.28. The standard InChI is InChI=1S/C21H36NO3.Y/c1-3-5-12-22(13-7-16-23-18-14-22)15-19-25-21-10-8-20(9-11-21)24-17-6-4-2;/h8-11H,3-7,12-19H2,1-2H3;/q+1;. The summed E-state index contributed by atoms with van der Waals surface area (Å²) in [4.78, 5) is 0. The van der Waals surface area contributed by atoms with Gasteiger partial charge in [-0.3, -0.25) is 0 Å². The van der Waals surface area contributed by atoms with Gasteiger partial charge in [0.15, 0.2) is 0 Å². The van der Waals surface area contributed by atoms with E-state index < -0.39 is 0 Å². The fraction of sp³-hybridized carbons (Fsp3) is 0.714. The first-order valence-electron chi connectivity index (χ1n) is 10.1. The monoisotopic (exact) mass is 439 g/mol. The zero-order valence-electron chi connectivity index (χ0n) is 16.8. The van der Waals surface area contributed by atoms with E-state index in [1.54, 1.807) is 0 Å². The number of quaternary nitrogens is 1. The normalized spacial score (nSPS) is 20.1. The summed E-state index contributed by atoms with van der Waals surface area (Å²) in [6.45, 7) is 12.4. The zero-order valence-corrected chi connectivity index (χ0v) is 19.6. The van der Waals surface area contributed by atoms with Crippen LogP contribution >= 0.6 is 0 Å². The maximum absolute atomic E-state index is 6.02. The summed E-state index contributed by atoms with van der Waals surface area (Å²) in [5, 5.41) is 0. The number of ether oxygens (including phenoxy) is 3. The molecule has 0 aliphatic carbocycles. The molecule has 0 N–H and O–H groups in total. The van der Waals surface area contributed by atoms with Crippen LogP contribution in [0.1, 0.15) is 46.0 Å². The van der Waals surface area contributed by atoms with Gasteiger partial charge in [0, 0.05) is 39.1 Å². The second kappa shape index (κ2) is 13.9. The van der Waals surface area contributed by atoms with E-state index in [0.717, 1.165) is 74.8 Å². The smallest absolute Gasteiger partial charge is 0.137 e. The van der Waals surface area contributed by atoms with Crippen molar-refractivity contribution in [1.82, 2.24) is 0 Å². The number of hydrogen-bond acceptors (Lipinski definition) is 3. The zero-order chi connectivity index (χ0) is 17.8. The maximum Gasteiger partial charge on any atom is 0.137 e. The summed E-state index contributed by atoms with van der Waals surface area (Å²) in [7, 11) is 0. The molecule has 2 rings (SSSR count). The summed E-state index contributed by atoms with van der Waals surface area (Å²) in [6, 6.07) is 8.05. The van der Waals surface area contributed by atoms with Crippen LogP contribution in [0.4, 0.5) is 0 Å². The van der Waals surface area contributed by atoms with E-state index in [-0.39, 0.29) is 32.7 Å². The van der Waals surface area contributed by atoms with Gasteiger partial charge in [0.25, 0.3) is 0 Å². The third kappa shape index (κ3) is 8.69. The van der Waals surface area contributed by atoms with Crippen LogP contribution in [0.3, 0.4) is 0 Å². The maximum atomic E-state index is 6.02. The minimum Gasteiger partial charge on any atom is -0.494 e. The Balaban J connectivity index is 0.00000338. The quantitative estimate of drug-likeness (QED) is 0.381. The molecule has 1 radical (unpaired) electrons. The van der Waals surface area contributed by atoms with Crippen molar-refractivity contribution < 1.29 is 51.4 Å². The van der Waals surface area contributed by atoms with E-state index >= 15 is 0 Å². The summed E-state index contributed by atoms with van der Waals surface area (Å²) in [5.41, 5.74) is 0. The Labute approximate surface area is 185 Å². The van der Waals surface area contributed by atoms with Crippen LogP contribution in [-0.4, -0.2) is 57.1 Å². The van der Waals surface area contributed by atoms with E-state index in [1.165, 1.54) is 25.9 Å². The van der Waals surface area contributed by atoms with Gasteiger partial charge in [-0.25, -0.2) is 0 Å². The van der Waals surface area contributed by atoms with Crippen LogP contribution in [0.2, 0.25) is 0 Å². The molecule has 1 fully saturated rings. The molecule has 0 bridgehead atoms. The number of hydrogen-bond donors (Lipinski definition) is 0. The number of nitrogens with zero attached hydrogens (tertiary/aromatic N) is 1. The Morgan fingerprint density at radius 1 is 0.846 bits per heavy atom. The van der Waals surface area contributed by atoms with Crippen LogP contribution in [0, 0.1) is 0 Å². The Bertz CT molecular complexity index is 459. The Morgan fingerprint density at radius 3 is 2.15 bits per heavy atom. The van der Waals surface area contributed by atoms with Crippen LogP contribution in [0.15, 0.2) is 24.3 Å². The van der Waals surface area contributed by atoms with Gasteiger partial charge in [-0.15, -0.1) is 0 Å². The van der Waals surface area contributed by atoms with Crippen LogP contribution in [-0.2, 0) is 37.4 Å². The molecule has 1 atom stereocenters. The van der Waals surface area contributed by atoms with E-state index in [4.69, 9.17) is 14.2 Å². The minimum atomic E-state index is 0. The molecule has 0 amide bonds. The molecular weight excluding hydrogens is 403 g/mol. The molecule has 4 nitrogen and oxygen atoms in total. The first-order chi connectivity index (χ1) is 12.3. The first-order valence-corrected chi connectivity index (χ1v) is 10.1. The van der Waals surface area contributed by atoms with Crippen molar-refractivity contribution in [1.29, 1.82) is 0 Å². The van der Waals surface area contributed by atoms with Crippen molar-refractivity contribution in [3.63, 3.8) is 0 Å². The summed E-state index contributed by atoms with van der Waals surface area (Å²) < 4.78 is 18.5. The third-order valence-electron chi connectivity index (χ3n) is 5.04. The molecule has 1 aliphatic rings. The molecule has 1 saturated heterocycles. The van der Waals surface area contributed by atoms with Gasteiger partial charge in [0.1, 0.15) is 31.2 Å². The van der Waals surface area contributed by atoms with Crippen molar-refractivity contribution in [3.8, 4) is 11.5 Å². The molecule has 5 heteroatoms. The van der Waals surface area contributed by atoms with E-state index in [2.05, 4.69) is 13.8 Å². The van der Waals surface area contributed by atoms with Gasteiger partial charge in [-0.2, -0.15) is 0 Å². The van der Waals surface area contributed by atoms with Crippen LogP contribution in [0.25, 0.3) is 0 Å². The molecule has 1 heterocycles. The van der Waals surface area contributed by atoms with Gasteiger partial charge in [-0.1, -0.05) is 26.7 Å². The average Bonchev–Trinajstić information content (AvgIpc) is 2.88. The molecular formula is C21H36NO3Y+. The average molecular weight is 439 g/mol. The topological polar surface area (TPSA) is 27.7 Å². The molecule has 26 heavy (non-hydrogen) atoms. The third-order valence-corrected chi connectivity index (χ3v) is 5.04. The summed E-state index contributed by atoms with van der Waals surface area (Å²) in [5.74, 6) is 1.86. The van der Waals surface area contributed by atoms with E-state index in [1.807, 2.05) is 24.3 Å². The molecule has 0 aromatic heterocycles. The first kappa shape index (κ1) is 23.9. The van der Waals surface area contributed by atoms with Crippen molar-refractivity contribution in [2.45, 2.75) is 46.0 Å². The van der Waals surface area contributed by atoms with Crippen molar-refractivity contribution in [2.24, 2.45) is 0 Å². The van der Waals surface area contributed by atoms with Crippen molar-refractivity contribution >= 4 is 0 Å². The van der Waals surface area contributed by atoms with E-state index in [9.17, 15) is 0 Å². The van der Waals surface area contributed by atoms with Gasteiger partial charge < -0.3 is 18.7 Å². The van der Waals surface area contributed by atoms with Crippen LogP contribution in [0.5, 0.6) is 11.5 Å². The second-order valence-corrected chi connectivity index (χ2v) is 7.08. The van der Waals surface area contributed by atoms with Crippen molar-refractivity contribution in [3.05, 3.63) is 24.3 Å². The Morgan fingerprint density at radius 2 is 1.50 bits per heavy atom. The molecule has 1 unspecified atom stereocenters. The number of unbranched alkanes of at least 4 members (excludes halogenated alkanes) is 2. The molecule has 1 aliphatic heterocycles. The SMILES string of the molecule is CCCCOc1ccc(OCC[N+]2(CCCC)CCCOCC2)cc1.[Y]. The van der Waals surface area contributed by atoms with Gasteiger partial charge in [-0.05, 0) is 37.1 Å². The Hall–Kier alpha value is -0.156.